The van der Waals surface area contributed by atoms with Gasteiger partial charge in [-0.15, -0.1) is 0 Å². The van der Waals surface area contributed by atoms with Crippen LogP contribution >= 0.6 is 0 Å². The average Bonchev–Trinajstić information content (AvgIpc) is 2.43. The van der Waals surface area contributed by atoms with E-state index in [0.717, 1.165) is 13.0 Å². The van der Waals surface area contributed by atoms with E-state index in [0.29, 0.717) is 0 Å². The fraction of sp³-hybridized carbons (Fsp3) is 0.500. The Balaban J connectivity index is 3.33. The summed E-state index contributed by atoms with van der Waals surface area (Å²) in [5, 5.41) is 9.69. The minimum absolute atomic E-state index is 0.0222. The summed E-state index contributed by atoms with van der Waals surface area (Å²) in [6, 6.07) is 0. The van der Waals surface area contributed by atoms with Crippen LogP contribution in [0.1, 0.15) is 19.8 Å². The molecule has 0 aromatic rings. The second-order valence-corrected chi connectivity index (χ2v) is 3.52. The SMILES string of the molecule is C=CC1=C(C(F)(F)F)C(O)(C(C)=O)CC1. The van der Waals surface area contributed by atoms with Gasteiger partial charge in [-0.1, -0.05) is 12.7 Å². The molecule has 1 unspecified atom stereocenters. The number of aliphatic hydroxyl groups is 1. The molecule has 0 heterocycles. The van der Waals surface area contributed by atoms with Gasteiger partial charge >= 0.3 is 6.18 Å². The molecule has 0 fully saturated rings. The lowest BCUT2D eigenvalue weighted by Crippen LogP contribution is -2.42. The van der Waals surface area contributed by atoms with Gasteiger partial charge in [-0.25, -0.2) is 0 Å². The minimum atomic E-state index is -4.69. The van der Waals surface area contributed by atoms with E-state index in [9.17, 15) is 23.1 Å². The smallest absolute Gasteiger partial charge is 0.377 e. The van der Waals surface area contributed by atoms with E-state index in [-0.39, 0.29) is 18.4 Å². The molecule has 0 radical (unpaired) electrons. The molecule has 0 amide bonds. The molecule has 0 saturated heterocycles. The Hall–Kier alpha value is -1.10. The first-order valence-corrected chi connectivity index (χ1v) is 4.40. The van der Waals surface area contributed by atoms with Crippen molar-refractivity contribution in [1.82, 2.24) is 0 Å². The van der Waals surface area contributed by atoms with Crippen LogP contribution in [0.25, 0.3) is 0 Å². The molecular formula is C10H11F3O2. The fourth-order valence-corrected chi connectivity index (χ4v) is 1.80. The van der Waals surface area contributed by atoms with Crippen molar-refractivity contribution in [3.63, 3.8) is 0 Å². The van der Waals surface area contributed by atoms with Crippen molar-refractivity contribution in [2.45, 2.75) is 31.5 Å². The van der Waals surface area contributed by atoms with E-state index in [2.05, 4.69) is 6.58 Å². The van der Waals surface area contributed by atoms with Gasteiger partial charge in [0.1, 0.15) is 0 Å². The number of carbonyl (C=O) groups is 1. The van der Waals surface area contributed by atoms with Gasteiger partial charge in [-0.05, 0) is 25.3 Å². The lowest BCUT2D eigenvalue weighted by atomic mass is 9.90. The van der Waals surface area contributed by atoms with Crippen LogP contribution in [0.3, 0.4) is 0 Å². The van der Waals surface area contributed by atoms with Gasteiger partial charge in [0.25, 0.3) is 0 Å². The fourth-order valence-electron chi connectivity index (χ4n) is 1.80. The summed E-state index contributed by atoms with van der Waals surface area (Å²) in [6.45, 7) is 4.21. The van der Waals surface area contributed by atoms with Crippen molar-refractivity contribution in [2.24, 2.45) is 0 Å². The van der Waals surface area contributed by atoms with Crippen LogP contribution in [0.4, 0.5) is 13.2 Å². The molecule has 1 rings (SSSR count). The van der Waals surface area contributed by atoms with Crippen molar-refractivity contribution in [3.05, 3.63) is 23.8 Å². The average molecular weight is 220 g/mol. The van der Waals surface area contributed by atoms with Gasteiger partial charge in [-0.2, -0.15) is 13.2 Å². The molecule has 1 aliphatic carbocycles. The number of ketones is 1. The van der Waals surface area contributed by atoms with Crippen LogP contribution in [0, 0.1) is 0 Å². The van der Waals surface area contributed by atoms with Crippen molar-refractivity contribution in [3.8, 4) is 0 Å². The van der Waals surface area contributed by atoms with E-state index in [1.807, 2.05) is 0 Å². The normalized spacial score (nSPS) is 27.0. The van der Waals surface area contributed by atoms with Gasteiger partial charge < -0.3 is 5.11 Å². The number of Topliss-reactive ketones (excluding diaryl/α,β-unsaturated/α-hetero) is 1. The van der Waals surface area contributed by atoms with Crippen molar-refractivity contribution in [1.29, 1.82) is 0 Å². The standard InChI is InChI=1S/C10H11F3O2/c1-3-7-4-5-9(15,6(2)14)8(7)10(11,12)13/h3,15H,1,4-5H2,2H3. The summed E-state index contributed by atoms with van der Waals surface area (Å²) in [7, 11) is 0. The number of alkyl halides is 3. The Morgan fingerprint density at radius 1 is 1.60 bits per heavy atom. The van der Waals surface area contributed by atoms with E-state index in [1.54, 1.807) is 0 Å². The number of hydrogen-bond donors (Lipinski definition) is 1. The Kier molecular flexibility index (Phi) is 2.78. The van der Waals surface area contributed by atoms with Crippen molar-refractivity contribution in [2.75, 3.05) is 0 Å². The van der Waals surface area contributed by atoms with Crippen LogP contribution < -0.4 is 0 Å². The lowest BCUT2D eigenvalue weighted by Gasteiger charge is -2.25. The highest BCUT2D eigenvalue weighted by molar-refractivity contribution is 5.89. The predicted octanol–water partition coefficient (Wildman–Crippen LogP) is 2.15. The molecule has 2 nitrogen and oxygen atoms in total. The Morgan fingerprint density at radius 3 is 2.47 bits per heavy atom. The zero-order chi connectivity index (χ0) is 11.9. The van der Waals surface area contributed by atoms with Crippen LogP contribution in [-0.4, -0.2) is 22.7 Å². The number of allylic oxidation sites excluding steroid dienone is 2. The van der Waals surface area contributed by atoms with Gasteiger partial charge in [0.2, 0.25) is 0 Å². The third-order valence-corrected chi connectivity index (χ3v) is 2.60. The monoisotopic (exact) mass is 220 g/mol. The van der Waals surface area contributed by atoms with Crippen LogP contribution in [0.2, 0.25) is 0 Å². The van der Waals surface area contributed by atoms with E-state index >= 15 is 0 Å². The predicted molar refractivity (Wildman–Crippen MR) is 48.1 cm³/mol. The van der Waals surface area contributed by atoms with E-state index in [4.69, 9.17) is 0 Å². The summed E-state index contributed by atoms with van der Waals surface area (Å²) >= 11 is 0. The molecule has 0 saturated carbocycles. The highest BCUT2D eigenvalue weighted by Crippen LogP contribution is 2.45. The molecular weight excluding hydrogens is 209 g/mol. The molecule has 84 valence electrons. The van der Waals surface area contributed by atoms with Gasteiger partial charge in [0.05, 0.1) is 5.57 Å². The first kappa shape index (κ1) is 12.0. The largest absolute Gasteiger partial charge is 0.416 e. The highest BCUT2D eigenvalue weighted by atomic mass is 19.4. The van der Waals surface area contributed by atoms with Crippen LogP contribution in [0.5, 0.6) is 0 Å². The number of halogens is 3. The first-order chi connectivity index (χ1) is 6.73. The van der Waals surface area contributed by atoms with Gasteiger partial charge in [0, 0.05) is 0 Å². The molecule has 0 aromatic carbocycles. The Morgan fingerprint density at radius 2 is 2.13 bits per heavy atom. The zero-order valence-electron chi connectivity index (χ0n) is 8.19. The number of carbonyl (C=O) groups excluding carboxylic acids is 1. The van der Waals surface area contributed by atoms with E-state index in [1.165, 1.54) is 0 Å². The molecule has 15 heavy (non-hydrogen) atoms. The second-order valence-electron chi connectivity index (χ2n) is 3.52. The van der Waals surface area contributed by atoms with Crippen molar-refractivity contribution >= 4 is 5.78 Å². The Bertz CT molecular complexity index is 341. The maximum atomic E-state index is 12.6. The molecule has 0 aliphatic heterocycles. The van der Waals surface area contributed by atoms with Crippen molar-refractivity contribution < 1.29 is 23.1 Å². The summed E-state index contributed by atoms with van der Waals surface area (Å²) < 4.78 is 37.9. The Labute approximate surface area is 85.1 Å². The third-order valence-electron chi connectivity index (χ3n) is 2.60. The second kappa shape index (κ2) is 3.48. The van der Waals surface area contributed by atoms with Crippen LogP contribution in [0.15, 0.2) is 23.8 Å². The summed E-state index contributed by atoms with van der Waals surface area (Å²) in [5.41, 5.74) is -3.64. The quantitative estimate of drug-likeness (QED) is 0.774. The third kappa shape index (κ3) is 1.84. The molecule has 1 aliphatic rings. The van der Waals surface area contributed by atoms with E-state index < -0.39 is 23.1 Å². The molecule has 1 atom stereocenters. The summed E-state index contributed by atoms with van der Waals surface area (Å²) in [5.74, 6) is -0.883. The molecule has 0 spiro atoms. The molecule has 1 N–H and O–H groups in total. The highest BCUT2D eigenvalue weighted by Gasteiger charge is 2.54. The summed E-state index contributed by atoms with van der Waals surface area (Å²) in [4.78, 5) is 11.1. The number of hydrogen-bond acceptors (Lipinski definition) is 2. The molecule has 5 heteroatoms. The maximum absolute atomic E-state index is 12.6. The van der Waals surface area contributed by atoms with Crippen LogP contribution in [-0.2, 0) is 4.79 Å². The maximum Gasteiger partial charge on any atom is 0.416 e. The first-order valence-electron chi connectivity index (χ1n) is 4.40. The lowest BCUT2D eigenvalue weighted by molar-refractivity contribution is -0.146. The minimum Gasteiger partial charge on any atom is -0.377 e. The zero-order valence-corrected chi connectivity index (χ0v) is 8.19. The number of rotatable bonds is 2. The summed E-state index contributed by atoms with van der Waals surface area (Å²) in [6.07, 6.45) is -3.85. The topological polar surface area (TPSA) is 37.3 Å². The molecule has 0 bridgehead atoms. The van der Waals surface area contributed by atoms with Gasteiger partial charge in [0.15, 0.2) is 11.4 Å². The molecule has 0 aromatic heterocycles. The van der Waals surface area contributed by atoms with Gasteiger partial charge in [-0.3, -0.25) is 4.79 Å².